The lowest BCUT2D eigenvalue weighted by Gasteiger charge is -2.34. The first-order valence-electron chi connectivity index (χ1n) is 7.01. The number of rotatable bonds is 5. The zero-order chi connectivity index (χ0) is 14.8. The zero-order valence-corrected chi connectivity index (χ0v) is 13.5. The molecule has 0 bridgehead atoms. The number of aliphatic hydroxyl groups excluding tert-OH is 1. The molecule has 112 valence electrons. The number of hydrogen-bond acceptors (Lipinski definition) is 5. The number of nitrogens with zero attached hydrogens (tertiary/aromatic N) is 2. The highest BCUT2D eigenvalue weighted by Gasteiger charge is 2.29. The molecule has 1 N–H and O–H groups in total. The Kier molecular flexibility index (Phi) is 4.37. The molecule has 2 aromatic heterocycles. The molecule has 3 rings (SSSR count). The summed E-state index contributed by atoms with van der Waals surface area (Å²) in [5.41, 5.74) is 1.97. The van der Waals surface area contributed by atoms with E-state index >= 15 is 0 Å². The molecule has 1 aliphatic rings. The van der Waals surface area contributed by atoms with Gasteiger partial charge < -0.3 is 10.0 Å². The topological polar surface area (TPSA) is 53.4 Å². The van der Waals surface area contributed by atoms with E-state index in [1.807, 2.05) is 23.9 Å². The van der Waals surface area contributed by atoms with E-state index in [0.717, 1.165) is 35.7 Å². The number of thiophene rings is 1. The van der Waals surface area contributed by atoms with Crippen LogP contribution in [-0.4, -0.2) is 40.6 Å². The van der Waals surface area contributed by atoms with Gasteiger partial charge >= 0.3 is 0 Å². The number of aromatic nitrogens is 1. The van der Waals surface area contributed by atoms with Gasteiger partial charge in [0.15, 0.2) is 0 Å². The molecular weight excluding hydrogens is 304 g/mol. The third kappa shape index (κ3) is 3.51. The van der Waals surface area contributed by atoms with Crippen LogP contribution in [0.3, 0.4) is 0 Å². The summed E-state index contributed by atoms with van der Waals surface area (Å²) in [6.45, 7) is 0.734. The normalized spacial score (nSPS) is 21.0. The first kappa shape index (κ1) is 14.7. The molecule has 1 saturated carbocycles. The number of carbonyl (C=O) groups excluding carboxylic acids is 1. The van der Waals surface area contributed by atoms with E-state index in [2.05, 4.69) is 10.4 Å². The lowest BCUT2D eigenvalue weighted by atomic mass is 9.82. The second kappa shape index (κ2) is 6.25. The minimum atomic E-state index is -0.162. The zero-order valence-electron chi connectivity index (χ0n) is 11.9. The second-order valence-electron chi connectivity index (χ2n) is 5.60. The van der Waals surface area contributed by atoms with Gasteiger partial charge in [0.2, 0.25) is 5.91 Å². The van der Waals surface area contributed by atoms with Crippen LogP contribution in [-0.2, 0) is 11.2 Å². The van der Waals surface area contributed by atoms with Crippen LogP contribution in [0, 0.1) is 5.92 Å². The predicted molar refractivity (Wildman–Crippen MR) is 85.5 cm³/mol. The molecule has 0 unspecified atom stereocenters. The fourth-order valence-corrected chi connectivity index (χ4v) is 4.07. The predicted octanol–water partition coefficient (Wildman–Crippen LogP) is 2.64. The maximum absolute atomic E-state index is 12.2. The Hall–Kier alpha value is -1.24. The third-order valence-electron chi connectivity index (χ3n) is 3.82. The van der Waals surface area contributed by atoms with Crippen LogP contribution < -0.4 is 0 Å². The molecule has 1 aliphatic carbocycles. The summed E-state index contributed by atoms with van der Waals surface area (Å²) < 4.78 is 0. The van der Waals surface area contributed by atoms with Gasteiger partial charge in [-0.25, -0.2) is 4.98 Å². The standard InChI is InChI=1S/C15H18N2O2S2/c1-17(7-10-4-13(18)5-10)14(19)6-12-9-21-15(16-12)11-2-3-20-8-11/h2-3,8-10,13,18H,4-7H2,1H3. The summed E-state index contributed by atoms with van der Waals surface area (Å²) in [5, 5.41) is 16.3. The quantitative estimate of drug-likeness (QED) is 0.921. The van der Waals surface area contributed by atoms with E-state index in [-0.39, 0.29) is 12.0 Å². The van der Waals surface area contributed by atoms with Crippen molar-refractivity contribution in [3.8, 4) is 10.6 Å². The molecule has 0 saturated heterocycles. The highest BCUT2D eigenvalue weighted by molar-refractivity contribution is 7.14. The Bertz CT molecular complexity index is 603. The van der Waals surface area contributed by atoms with Gasteiger partial charge in [-0.3, -0.25) is 4.79 Å². The molecule has 0 radical (unpaired) electrons. The van der Waals surface area contributed by atoms with Crippen LogP contribution >= 0.6 is 22.7 Å². The summed E-state index contributed by atoms with van der Waals surface area (Å²) in [7, 11) is 1.83. The molecule has 1 fully saturated rings. The summed E-state index contributed by atoms with van der Waals surface area (Å²) >= 11 is 3.23. The lowest BCUT2D eigenvalue weighted by molar-refractivity contribution is -0.130. The molecule has 0 aliphatic heterocycles. The molecular formula is C15H18N2O2S2. The van der Waals surface area contributed by atoms with Crippen molar-refractivity contribution in [3.63, 3.8) is 0 Å². The van der Waals surface area contributed by atoms with Crippen LogP contribution in [0.25, 0.3) is 10.6 Å². The van der Waals surface area contributed by atoms with E-state index in [0.29, 0.717) is 12.3 Å². The van der Waals surface area contributed by atoms with Gasteiger partial charge in [-0.1, -0.05) is 0 Å². The molecule has 0 aromatic carbocycles. The van der Waals surface area contributed by atoms with Crippen molar-refractivity contribution in [1.29, 1.82) is 0 Å². The number of likely N-dealkylation sites (N-methyl/N-ethyl adjacent to an activating group) is 1. The average Bonchev–Trinajstić information content (AvgIpc) is 3.06. The molecule has 2 aromatic rings. The molecule has 2 heterocycles. The summed E-state index contributed by atoms with van der Waals surface area (Å²) in [6.07, 6.45) is 1.82. The van der Waals surface area contributed by atoms with Gasteiger partial charge in [0, 0.05) is 29.9 Å². The molecule has 4 nitrogen and oxygen atoms in total. The van der Waals surface area contributed by atoms with E-state index in [9.17, 15) is 9.90 Å². The maximum Gasteiger partial charge on any atom is 0.228 e. The minimum absolute atomic E-state index is 0.0959. The average molecular weight is 322 g/mol. The summed E-state index contributed by atoms with van der Waals surface area (Å²) in [4.78, 5) is 18.5. The molecule has 1 amide bonds. The molecule has 21 heavy (non-hydrogen) atoms. The van der Waals surface area contributed by atoms with Crippen LogP contribution in [0.2, 0.25) is 0 Å². The second-order valence-corrected chi connectivity index (χ2v) is 7.24. The van der Waals surface area contributed by atoms with Gasteiger partial charge in [0.25, 0.3) is 0 Å². The third-order valence-corrected chi connectivity index (χ3v) is 5.44. The Balaban J connectivity index is 1.55. The maximum atomic E-state index is 12.2. The van der Waals surface area contributed by atoms with Crippen LogP contribution in [0.5, 0.6) is 0 Å². The first-order chi connectivity index (χ1) is 10.1. The van der Waals surface area contributed by atoms with Crippen LogP contribution in [0.4, 0.5) is 0 Å². The van der Waals surface area contributed by atoms with E-state index in [1.54, 1.807) is 27.6 Å². The number of hydrogen-bond donors (Lipinski definition) is 1. The van der Waals surface area contributed by atoms with Gasteiger partial charge in [-0.15, -0.1) is 11.3 Å². The Labute approximate surface area is 132 Å². The van der Waals surface area contributed by atoms with E-state index < -0.39 is 0 Å². The monoisotopic (exact) mass is 322 g/mol. The van der Waals surface area contributed by atoms with Gasteiger partial charge in [0.1, 0.15) is 5.01 Å². The summed E-state index contributed by atoms with van der Waals surface area (Å²) in [6, 6.07) is 2.04. The Morgan fingerprint density at radius 3 is 2.95 bits per heavy atom. The smallest absolute Gasteiger partial charge is 0.228 e. The SMILES string of the molecule is CN(CC1CC(O)C1)C(=O)Cc1csc(-c2ccsc2)n1. The fraction of sp³-hybridized carbons (Fsp3) is 0.467. The number of thiazole rings is 1. The van der Waals surface area contributed by atoms with Gasteiger partial charge in [0.05, 0.1) is 18.2 Å². The van der Waals surface area contributed by atoms with Crippen molar-refractivity contribution in [2.75, 3.05) is 13.6 Å². The van der Waals surface area contributed by atoms with Crippen molar-refractivity contribution in [3.05, 3.63) is 27.9 Å². The molecule has 6 heteroatoms. The van der Waals surface area contributed by atoms with Crippen LogP contribution in [0.15, 0.2) is 22.2 Å². The van der Waals surface area contributed by atoms with Crippen molar-refractivity contribution < 1.29 is 9.90 Å². The number of carbonyl (C=O) groups is 1. The van der Waals surface area contributed by atoms with Gasteiger partial charge in [-0.05, 0) is 30.2 Å². The van der Waals surface area contributed by atoms with Crippen molar-refractivity contribution in [2.24, 2.45) is 5.92 Å². The van der Waals surface area contributed by atoms with Crippen molar-refractivity contribution in [1.82, 2.24) is 9.88 Å². The Morgan fingerprint density at radius 1 is 1.48 bits per heavy atom. The Morgan fingerprint density at radius 2 is 2.29 bits per heavy atom. The van der Waals surface area contributed by atoms with E-state index in [1.165, 1.54) is 0 Å². The highest BCUT2D eigenvalue weighted by atomic mass is 32.1. The summed E-state index contributed by atoms with van der Waals surface area (Å²) in [5.74, 6) is 0.546. The lowest BCUT2D eigenvalue weighted by Crippen LogP contribution is -2.40. The van der Waals surface area contributed by atoms with Crippen molar-refractivity contribution >= 4 is 28.6 Å². The van der Waals surface area contributed by atoms with Crippen molar-refractivity contribution in [2.45, 2.75) is 25.4 Å². The number of amides is 1. The van der Waals surface area contributed by atoms with Crippen LogP contribution in [0.1, 0.15) is 18.5 Å². The highest BCUT2D eigenvalue weighted by Crippen LogP contribution is 2.28. The fourth-order valence-electron chi connectivity index (χ4n) is 2.54. The minimum Gasteiger partial charge on any atom is -0.393 e. The molecule has 0 spiro atoms. The number of aliphatic hydroxyl groups is 1. The van der Waals surface area contributed by atoms with Gasteiger partial charge in [-0.2, -0.15) is 11.3 Å². The first-order valence-corrected chi connectivity index (χ1v) is 8.83. The largest absolute Gasteiger partial charge is 0.393 e. The van der Waals surface area contributed by atoms with E-state index in [4.69, 9.17) is 0 Å². The molecule has 0 atom stereocenters.